The van der Waals surface area contributed by atoms with Crippen LogP contribution in [0.3, 0.4) is 0 Å². The molecule has 2 rings (SSSR count). The lowest BCUT2D eigenvalue weighted by atomic mass is 10.1. The van der Waals surface area contributed by atoms with Crippen molar-refractivity contribution in [3.8, 4) is 0 Å². The van der Waals surface area contributed by atoms with Crippen molar-refractivity contribution in [3.05, 3.63) is 17.8 Å². The van der Waals surface area contributed by atoms with Gasteiger partial charge in [-0.2, -0.15) is 16.9 Å². The molecule has 3 nitrogen and oxygen atoms in total. The third-order valence-electron chi connectivity index (χ3n) is 3.34. The maximum atomic E-state index is 4.13. The highest BCUT2D eigenvalue weighted by atomic mass is 32.2. The monoisotopic (exact) mass is 237 g/mol. The van der Waals surface area contributed by atoms with Gasteiger partial charge in [-0.25, -0.2) is 0 Å². The molecule has 88 valence electrons. The van der Waals surface area contributed by atoms with E-state index in [-0.39, 0.29) is 0 Å². The van der Waals surface area contributed by atoms with Crippen molar-refractivity contribution in [2.45, 2.75) is 37.4 Å². The molecule has 0 radical (unpaired) electrons. The first-order valence-corrected chi connectivity index (χ1v) is 7.06. The van der Waals surface area contributed by atoms with E-state index in [1.807, 2.05) is 30.8 Å². The van der Waals surface area contributed by atoms with E-state index in [0.29, 0.717) is 4.75 Å². The van der Waals surface area contributed by atoms with Gasteiger partial charge in [-0.15, -0.1) is 5.10 Å². The molecule has 1 aromatic heterocycles. The zero-order chi connectivity index (χ0) is 11.4. The van der Waals surface area contributed by atoms with Crippen LogP contribution in [-0.4, -0.2) is 27.7 Å². The van der Waals surface area contributed by atoms with Gasteiger partial charge in [0.15, 0.2) is 0 Å². The van der Waals surface area contributed by atoms with Crippen molar-refractivity contribution in [3.63, 3.8) is 0 Å². The minimum absolute atomic E-state index is 0.423. The van der Waals surface area contributed by atoms with Crippen LogP contribution in [0.1, 0.15) is 31.4 Å². The summed E-state index contributed by atoms with van der Waals surface area (Å²) in [5.74, 6) is 0.894. The molecule has 0 spiro atoms. The topological polar surface area (TPSA) is 37.8 Å². The Hall–Kier alpha value is -0.770. The average Bonchev–Trinajstić information content (AvgIpc) is 2.78. The average molecular weight is 237 g/mol. The predicted molar refractivity (Wildman–Crippen MR) is 70.0 cm³/mol. The van der Waals surface area contributed by atoms with E-state index in [1.54, 1.807) is 0 Å². The van der Waals surface area contributed by atoms with Gasteiger partial charge >= 0.3 is 0 Å². The Balaban J connectivity index is 1.93. The van der Waals surface area contributed by atoms with Crippen molar-refractivity contribution in [1.29, 1.82) is 0 Å². The van der Waals surface area contributed by atoms with Gasteiger partial charge in [-0.3, -0.25) is 0 Å². The van der Waals surface area contributed by atoms with E-state index >= 15 is 0 Å². The molecule has 0 atom stereocenters. The van der Waals surface area contributed by atoms with Crippen molar-refractivity contribution in [2.75, 3.05) is 18.1 Å². The van der Waals surface area contributed by atoms with E-state index in [2.05, 4.69) is 21.8 Å². The van der Waals surface area contributed by atoms with Gasteiger partial charge < -0.3 is 5.32 Å². The standard InChI is InChI=1S/C12H19N3S/c1-10-5-6-11(15-14-10)13-9-12(16-2)7-3-4-8-12/h5-6H,3-4,7-9H2,1-2H3,(H,13,15). The first-order chi connectivity index (χ1) is 7.74. The fourth-order valence-electron chi connectivity index (χ4n) is 2.22. The fraction of sp³-hybridized carbons (Fsp3) is 0.667. The Kier molecular flexibility index (Phi) is 3.69. The summed E-state index contributed by atoms with van der Waals surface area (Å²) in [6.07, 6.45) is 7.58. The van der Waals surface area contributed by atoms with Crippen LogP contribution in [0, 0.1) is 6.92 Å². The highest BCUT2D eigenvalue weighted by Gasteiger charge is 2.32. The van der Waals surface area contributed by atoms with Gasteiger partial charge in [-0.1, -0.05) is 12.8 Å². The Labute approximate surface area is 101 Å². The molecular formula is C12H19N3S. The molecule has 0 aliphatic heterocycles. The summed E-state index contributed by atoms with van der Waals surface area (Å²) in [6, 6.07) is 4.00. The molecule has 0 saturated heterocycles. The van der Waals surface area contributed by atoms with Gasteiger partial charge in [0.1, 0.15) is 5.82 Å². The highest BCUT2D eigenvalue weighted by molar-refractivity contribution is 8.00. The normalized spacial score (nSPS) is 18.6. The number of hydrogen-bond donors (Lipinski definition) is 1. The number of nitrogens with zero attached hydrogens (tertiary/aromatic N) is 2. The Bertz CT molecular complexity index is 331. The number of hydrogen-bond acceptors (Lipinski definition) is 4. The van der Waals surface area contributed by atoms with Crippen LogP contribution in [0.4, 0.5) is 5.82 Å². The number of aryl methyl sites for hydroxylation is 1. The molecule has 1 aliphatic carbocycles. The van der Waals surface area contributed by atoms with Gasteiger partial charge in [0.25, 0.3) is 0 Å². The molecule has 1 saturated carbocycles. The molecule has 1 heterocycles. The molecule has 1 aliphatic rings. The molecule has 0 aromatic carbocycles. The SMILES string of the molecule is CSC1(CNc2ccc(C)nn2)CCCC1. The van der Waals surface area contributed by atoms with Crippen LogP contribution in [0.5, 0.6) is 0 Å². The molecule has 1 aromatic rings. The van der Waals surface area contributed by atoms with Crippen LogP contribution in [0.25, 0.3) is 0 Å². The Morgan fingerprint density at radius 2 is 2.06 bits per heavy atom. The summed E-state index contributed by atoms with van der Waals surface area (Å²) in [5, 5.41) is 11.6. The molecule has 4 heteroatoms. The molecule has 0 unspecified atom stereocenters. The van der Waals surface area contributed by atoms with Crippen molar-refractivity contribution in [2.24, 2.45) is 0 Å². The van der Waals surface area contributed by atoms with Crippen molar-refractivity contribution < 1.29 is 0 Å². The maximum Gasteiger partial charge on any atom is 0.148 e. The van der Waals surface area contributed by atoms with Crippen LogP contribution in [0.2, 0.25) is 0 Å². The second kappa shape index (κ2) is 5.04. The molecule has 0 bridgehead atoms. The second-order valence-corrected chi connectivity index (χ2v) is 5.78. The van der Waals surface area contributed by atoms with Crippen LogP contribution >= 0.6 is 11.8 Å². The predicted octanol–water partition coefficient (Wildman–Crippen LogP) is 2.87. The van der Waals surface area contributed by atoms with E-state index in [0.717, 1.165) is 18.1 Å². The first-order valence-electron chi connectivity index (χ1n) is 5.83. The van der Waals surface area contributed by atoms with E-state index in [1.165, 1.54) is 25.7 Å². The van der Waals surface area contributed by atoms with E-state index in [9.17, 15) is 0 Å². The summed E-state index contributed by atoms with van der Waals surface area (Å²) in [4.78, 5) is 0. The summed E-state index contributed by atoms with van der Waals surface area (Å²) in [5.41, 5.74) is 0.964. The second-order valence-electron chi connectivity index (χ2n) is 4.51. The molecule has 1 fully saturated rings. The lowest BCUT2D eigenvalue weighted by molar-refractivity contribution is 0.638. The van der Waals surface area contributed by atoms with Crippen molar-refractivity contribution in [1.82, 2.24) is 10.2 Å². The summed E-state index contributed by atoms with van der Waals surface area (Å²) in [7, 11) is 0. The van der Waals surface area contributed by atoms with Gasteiger partial charge in [0.2, 0.25) is 0 Å². The van der Waals surface area contributed by atoms with Gasteiger partial charge in [-0.05, 0) is 38.2 Å². The van der Waals surface area contributed by atoms with Crippen molar-refractivity contribution >= 4 is 17.6 Å². The quantitative estimate of drug-likeness (QED) is 0.874. The number of thioether (sulfide) groups is 1. The third kappa shape index (κ3) is 2.67. The van der Waals surface area contributed by atoms with Crippen LogP contribution in [0.15, 0.2) is 12.1 Å². The lowest BCUT2D eigenvalue weighted by Gasteiger charge is -2.27. The van der Waals surface area contributed by atoms with Gasteiger partial charge in [0.05, 0.1) is 5.69 Å². The summed E-state index contributed by atoms with van der Waals surface area (Å²) >= 11 is 1.99. The molecule has 0 amide bonds. The number of aromatic nitrogens is 2. The first kappa shape index (κ1) is 11.7. The smallest absolute Gasteiger partial charge is 0.148 e. The molecule has 16 heavy (non-hydrogen) atoms. The van der Waals surface area contributed by atoms with Crippen LogP contribution in [-0.2, 0) is 0 Å². The summed E-state index contributed by atoms with van der Waals surface area (Å²) < 4.78 is 0.423. The minimum atomic E-state index is 0.423. The number of anilines is 1. The van der Waals surface area contributed by atoms with Crippen LogP contribution < -0.4 is 5.32 Å². The summed E-state index contributed by atoms with van der Waals surface area (Å²) in [6.45, 7) is 2.96. The highest BCUT2D eigenvalue weighted by Crippen LogP contribution is 2.40. The Morgan fingerprint density at radius 1 is 1.31 bits per heavy atom. The largest absolute Gasteiger partial charge is 0.367 e. The van der Waals surface area contributed by atoms with E-state index in [4.69, 9.17) is 0 Å². The lowest BCUT2D eigenvalue weighted by Crippen LogP contribution is -2.30. The fourth-order valence-corrected chi connectivity index (χ4v) is 3.13. The third-order valence-corrected chi connectivity index (χ3v) is 4.76. The van der Waals surface area contributed by atoms with Gasteiger partial charge in [0, 0.05) is 11.3 Å². The maximum absolute atomic E-state index is 4.13. The zero-order valence-corrected chi connectivity index (χ0v) is 10.8. The number of nitrogens with one attached hydrogen (secondary N) is 1. The minimum Gasteiger partial charge on any atom is -0.367 e. The Morgan fingerprint density at radius 3 is 2.62 bits per heavy atom. The molecular weight excluding hydrogens is 218 g/mol. The molecule has 1 N–H and O–H groups in total. The zero-order valence-electron chi connectivity index (χ0n) is 9.99. The van der Waals surface area contributed by atoms with E-state index < -0.39 is 0 Å². The number of rotatable bonds is 4.